The van der Waals surface area contributed by atoms with Gasteiger partial charge in [0.2, 0.25) is 5.91 Å². The topological polar surface area (TPSA) is 46.9 Å². The highest BCUT2D eigenvalue weighted by Crippen LogP contribution is 2.28. The number of amides is 1. The molecule has 2 aromatic rings. The number of carbonyl (C=O) groups excluding carboxylic acids is 1. The Labute approximate surface area is 134 Å². The first-order valence-corrected chi connectivity index (χ1v) is 8.06. The van der Waals surface area contributed by atoms with Crippen molar-refractivity contribution in [2.24, 2.45) is 7.05 Å². The molecule has 0 radical (unpaired) electrons. The molecule has 0 aliphatic carbocycles. The summed E-state index contributed by atoms with van der Waals surface area (Å²) in [7, 11) is 1.90. The molecule has 0 aromatic carbocycles. The number of hydrogen-bond acceptors (Lipinski definition) is 3. The highest BCUT2D eigenvalue weighted by atomic mass is 35.5. The van der Waals surface area contributed by atoms with Crippen molar-refractivity contribution in [3.8, 4) is 0 Å². The molecular formula is C15H20ClN3OS. The summed E-state index contributed by atoms with van der Waals surface area (Å²) < 4.78 is 2.55. The van der Waals surface area contributed by atoms with Gasteiger partial charge in [-0.2, -0.15) is 5.10 Å². The summed E-state index contributed by atoms with van der Waals surface area (Å²) in [6, 6.07) is 3.75. The minimum absolute atomic E-state index is 0.00576. The lowest BCUT2D eigenvalue weighted by atomic mass is 9.98. The zero-order valence-corrected chi connectivity index (χ0v) is 14.5. The molecule has 0 unspecified atom stereocenters. The molecule has 1 amide bonds. The molecule has 0 aliphatic heterocycles. The monoisotopic (exact) mass is 325 g/mol. The molecular weight excluding hydrogens is 306 g/mol. The van der Waals surface area contributed by atoms with E-state index in [2.05, 4.69) is 10.4 Å². The fourth-order valence-electron chi connectivity index (χ4n) is 2.52. The maximum absolute atomic E-state index is 12.5. The van der Waals surface area contributed by atoms with Crippen LogP contribution in [0.1, 0.15) is 47.6 Å². The fourth-order valence-corrected chi connectivity index (χ4v) is 3.58. The molecule has 114 valence electrons. The maximum atomic E-state index is 12.5. The minimum Gasteiger partial charge on any atom is -0.348 e. The van der Waals surface area contributed by atoms with Gasteiger partial charge in [0.25, 0.3) is 0 Å². The first-order chi connectivity index (χ1) is 9.81. The van der Waals surface area contributed by atoms with E-state index in [1.165, 1.54) is 11.3 Å². The van der Waals surface area contributed by atoms with Gasteiger partial charge >= 0.3 is 0 Å². The first kappa shape index (κ1) is 16.0. The van der Waals surface area contributed by atoms with E-state index in [-0.39, 0.29) is 17.9 Å². The van der Waals surface area contributed by atoms with Gasteiger partial charge in [-0.15, -0.1) is 11.3 Å². The van der Waals surface area contributed by atoms with Crippen LogP contribution in [0.5, 0.6) is 0 Å². The summed E-state index contributed by atoms with van der Waals surface area (Å²) in [6.45, 7) is 7.81. The van der Waals surface area contributed by atoms with Gasteiger partial charge in [0, 0.05) is 23.2 Å². The highest BCUT2D eigenvalue weighted by Gasteiger charge is 2.24. The van der Waals surface area contributed by atoms with Gasteiger partial charge in [-0.25, -0.2) is 0 Å². The fraction of sp³-hybridized carbons (Fsp3) is 0.467. The van der Waals surface area contributed by atoms with E-state index in [1.807, 2.05) is 51.6 Å². The van der Waals surface area contributed by atoms with Gasteiger partial charge < -0.3 is 5.32 Å². The summed E-state index contributed by atoms with van der Waals surface area (Å²) >= 11 is 7.43. The van der Waals surface area contributed by atoms with Gasteiger partial charge in [-0.3, -0.25) is 9.48 Å². The Morgan fingerprint density at radius 3 is 2.52 bits per heavy atom. The number of nitrogens with one attached hydrogen (secondary N) is 1. The van der Waals surface area contributed by atoms with E-state index in [0.717, 1.165) is 26.2 Å². The Morgan fingerprint density at radius 1 is 1.38 bits per heavy atom. The largest absolute Gasteiger partial charge is 0.348 e. The molecule has 0 spiro atoms. The van der Waals surface area contributed by atoms with E-state index >= 15 is 0 Å². The maximum Gasteiger partial charge on any atom is 0.227 e. The average Bonchev–Trinajstić information content (AvgIpc) is 2.94. The molecule has 2 aromatic heterocycles. The van der Waals surface area contributed by atoms with Crippen molar-refractivity contribution in [1.29, 1.82) is 0 Å². The third kappa shape index (κ3) is 3.30. The number of rotatable bonds is 4. The zero-order chi connectivity index (χ0) is 15.7. The van der Waals surface area contributed by atoms with E-state index < -0.39 is 0 Å². The number of hydrogen-bond donors (Lipinski definition) is 1. The van der Waals surface area contributed by atoms with E-state index in [4.69, 9.17) is 11.6 Å². The summed E-state index contributed by atoms with van der Waals surface area (Å²) in [6.07, 6.45) is 0. The van der Waals surface area contributed by atoms with Crippen LogP contribution < -0.4 is 5.32 Å². The molecule has 0 saturated heterocycles. The van der Waals surface area contributed by atoms with Crippen molar-refractivity contribution >= 4 is 28.8 Å². The molecule has 2 atom stereocenters. The van der Waals surface area contributed by atoms with Crippen LogP contribution in [0, 0.1) is 13.8 Å². The van der Waals surface area contributed by atoms with E-state index in [1.54, 1.807) is 0 Å². The van der Waals surface area contributed by atoms with Gasteiger partial charge in [-0.1, -0.05) is 11.6 Å². The number of aromatic nitrogens is 2. The summed E-state index contributed by atoms with van der Waals surface area (Å²) in [5.74, 6) is -0.220. The normalized spacial score (nSPS) is 14.0. The van der Waals surface area contributed by atoms with Gasteiger partial charge in [0.15, 0.2) is 0 Å². The number of aryl methyl sites for hydroxylation is 2. The summed E-state index contributed by atoms with van der Waals surface area (Å²) in [4.78, 5) is 13.5. The lowest BCUT2D eigenvalue weighted by Gasteiger charge is -2.17. The van der Waals surface area contributed by atoms with Crippen molar-refractivity contribution in [1.82, 2.24) is 15.1 Å². The Hall–Kier alpha value is -1.33. The number of carbonyl (C=O) groups is 1. The first-order valence-electron chi connectivity index (χ1n) is 6.87. The summed E-state index contributed by atoms with van der Waals surface area (Å²) in [5, 5.41) is 7.42. The highest BCUT2D eigenvalue weighted by molar-refractivity contribution is 7.16. The molecule has 2 rings (SSSR count). The van der Waals surface area contributed by atoms with Crippen LogP contribution in [0.3, 0.4) is 0 Å². The third-order valence-corrected chi connectivity index (χ3v) is 5.18. The van der Waals surface area contributed by atoms with Crippen LogP contribution in [0.15, 0.2) is 12.1 Å². The molecule has 0 fully saturated rings. The predicted octanol–water partition coefficient (Wildman–Crippen LogP) is 3.73. The van der Waals surface area contributed by atoms with Crippen molar-refractivity contribution < 1.29 is 4.79 Å². The van der Waals surface area contributed by atoms with E-state index in [9.17, 15) is 4.79 Å². The molecule has 0 saturated carbocycles. The molecule has 0 aliphatic rings. The molecule has 1 N–H and O–H groups in total. The number of thiophene rings is 1. The van der Waals surface area contributed by atoms with Crippen LogP contribution in [-0.2, 0) is 11.8 Å². The molecule has 4 nitrogen and oxygen atoms in total. The molecule has 2 heterocycles. The van der Waals surface area contributed by atoms with Crippen LogP contribution in [-0.4, -0.2) is 15.7 Å². The Kier molecular flexibility index (Phi) is 4.74. The van der Waals surface area contributed by atoms with Crippen LogP contribution >= 0.6 is 22.9 Å². The second-order valence-electron chi connectivity index (χ2n) is 5.30. The Morgan fingerprint density at radius 2 is 2.05 bits per heavy atom. The van der Waals surface area contributed by atoms with E-state index in [0.29, 0.717) is 0 Å². The smallest absolute Gasteiger partial charge is 0.227 e. The zero-order valence-electron chi connectivity index (χ0n) is 12.9. The minimum atomic E-state index is -0.225. The second-order valence-corrected chi connectivity index (χ2v) is 7.05. The Bertz CT molecular complexity index is 662. The van der Waals surface area contributed by atoms with Crippen molar-refractivity contribution in [3.63, 3.8) is 0 Å². The Balaban J connectivity index is 2.12. The number of halogens is 1. The standard InChI is InChI=1S/C15H20ClN3OS/c1-8(14-10(3)18-19(5)11(14)4)15(20)17-9(2)12-6-7-13(16)21-12/h6-9H,1-5H3,(H,17,20)/t8-,9+/m0/s1. The lowest BCUT2D eigenvalue weighted by Crippen LogP contribution is -2.30. The van der Waals surface area contributed by atoms with Crippen LogP contribution in [0.4, 0.5) is 0 Å². The van der Waals surface area contributed by atoms with Crippen LogP contribution in [0.25, 0.3) is 0 Å². The van der Waals surface area contributed by atoms with Crippen molar-refractivity contribution in [2.75, 3.05) is 0 Å². The van der Waals surface area contributed by atoms with Gasteiger partial charge in [0.05, 0.1) is 22.0 Å². The molecule has 6 heteroatoms. The molecule has 21 heavy (non-hydrogen) atoms. The number of nitrogens with zero attached hydrogens (tertiary/aromatic N) is 2. The quantitative estimate of drug-likeness (QED) is 0.931. The second kappa shape index (κ2) is 6.20. The van der Waals surface area contributed by atoms with Gasteiger partial charge in [0.1, 0.15) is 0 Å². The van der Waals surface area contributed by atoms with Crippen LogP contribution in [0.2, 0.25) is 4.34 Å². The molecule has 0 bridgehead atoms. The average molecular weight is 326 g/mol. The third-order valence-electron chi connectivity index (χ3n) is 3.77. The van der Waals surface area contributed by atoms with Crippen molar-refractivity contribution in [3.05, 3.63) is 38.3 Å². The summed E-state index contributed by atoms with van der Waals surface area (Å²) in [5.41, 5.74) is 2.94. The van der Waals surface area contributed by atoms with Gasteiger partial charge in [-0.05, 0) is 39.8 Å². The SMILES string of the molecule is Cc1nn(C)c(C)c1[C@H](C)C(=O)N[C@H](C)c1ccc(Cl)s1. The lowest BCUT2D eigenvalue weighted by molar-refractivity contribution is -0.122. The van der Waals surface area contributed by atoms with Crippen molar-refractivity contribution in [2.45, 2.75) is 39.7 Å². The predicted molar refractivity (Wildman–Crippen MR) is 87.0 cm³/mol.